The summed E-state index contributed by atoms with van der Waals surface area (Å²) in [5.41, 5.74) is 5.83. The Labute approximate surface area is 278 Å². The SMILES string of the molecule is [Ir].[c-]1ccc2c(sc3ccccc32)c1-c1nc2c3ccccc3cnc2n1-c1ccccc1.[c-]1ccccc1-c1ccccn1. The second-order valence-corrected chi connectivity index (χ2v) is 11.4. The van der Waals surface area contributed by atoms with E-state index < -0.39 is 0 Å². The molecule has 4 heterocycles. The molecule has 9 aromatic rings. The van der Waals surface area contributed by atoms with Crippen LogP contribution in [0.25, 0.3) is 70.4 Å². The second kappa shape index (κ2) is 12.5. The predicted molar refractivity (Wildman–Crippen MR) is 182 cm³/mol. The van der Waals surface area contributed by atoms with Gasteiger partial charge in [-0.15, -0.1) is 54.1 Å². The Kier molecular flexibility index (Phi) is 8.02. The number of pyridine rings is 2. The molecule has 0 amide bonds. The molecule has 0 aliphatic rings. The maximum Gasteiger partial charge on any atom is 0.156 e. The molecule has 4 nitrogen and oxygen atoms in total. The summed E-state index contributed by atoms with van der Waals surface area (Å²) >= 11 is 1.80. The Balaban J connectivity index is 0.000000211. The van der Waals surface area contributed by atoms with Crippen molar-refractivity contribution in [3.05, 3.63) is 158 Å². The summed E-state index contributed by atoms with van der Waals surface area (Å²) in [5.74, 6) is 0.868. The summed E-state index contributed by atoms with van der Waals surface area (Å²) < 4.78 is 4.64. The van der Waals surface area contributed by atoms with Gasteiger partial charge in [-0.2, -0.15) is 11.3 Å². The van der Waals surface area contributed by atoms with Crippen molar-refractivity contribution >= 4 is 53.4 Å². The number of fused-ring (bicyclic) bond motifs is 6. The maximum atomic E-state index is 5.18. The van der Waals surface area contributed by atoms with Crippen LogP contribution in [0.3, 0.4) is 0 Å². The molecule has 0 aliphatic heterocycles. The van der Waals surface area contributed by atoms with Crippen LogP contribution in [0.5, 0.6) is 0 Å². The molecule has 217 valence electrons. The van der Waals surface area contributed by atoms with Gasteiger partial charge in [0.15, 0.2) is 5.65 Å². The summed E-state index contributed by atoms with van der Waals surface area (Å²) in [7, 11) is 0. The van der Waals surface area contributed by atoms with E-state index in [0.29, 0.717) is 0 Å². The molecule has 1 radical (unpaired) electrons. The summed E-state index contributed by atoms with van der Waals surface area (Å²) in [4.78, 5) is 14.2. The van der Waals surface area contributed by atoms with Crippen LogP contribution in [-0.4, -0.2) is 19.5 Å². The summed E-state index contributed by atoms with van der Waals surface area (Å²) in [5, 5.41) is 4.71. The van der Waals surface area contributed by atoms with Crippen LogP contribution in [0, 0.1) is 12.1 Å². The van der Waals surface area contributed by atoms with Crippen LogP contribution >= 0.6 is 11.3 Å². The monoisotopic (exact) mass is 773 g/mol. The van der Waals surface area contributed by atoms with E-state index in [-0.39, 0.29) is 20.1 Å². The zero-order chi connectivity index (χ0) is 29.3. The molecular weight excluding hydrogens is 749 g/mol. The van der Waals surface area contributed by atoms with Gasteiger partial charge in [0, 0.05) is 53.7 Å². The van der Waals surface area contributed by atoms with E-state index >= 15 is 0 Å². The first-order valence-electron chi connectivity index (χ1n) is 14.4. The fourth-order valence-electron chi connectivity index (χ4n) is 5.59. The Bertz CT molecular complexity index is 2350. The van der Waals surface area contributed by atoms with Crippen molar-refractivity contribution < 1.29 is 20.1 Å². The molecule has 0 spiro atoms. The molecule has 0 unspecified atom stereocenters. The van der Waals surface area contributed by atoms with Crippen molar-refractivity contribution in [2.45, 2.75) is 0 Å². The molecule has 0 atom stereocenters. The van der Waals surface area contributed by atoms with Gasteiger partial charge in [0.2, 0.25) is 0 Å². The molecule has 0 N–H and O–H groups in total. The number of para-hydroxylation sites is 1. The van der Waals surface area contributed by atoms with Gasteiger partial charge < -0.3 is 9.55 Å². The van der Waals surface area contributed by atoms with Gasteiger partial charge >= 0.3 is 0 Å². The molecule has 0 aliphatic carbocycles. The molecule has 0 saturated heterocycles. The summed E-state index contributed by atoms with van der Waals surface area (Å²) in [6.45, 7) is 0. The molecule has 0 fully saturated rings. The number of aromatic nitrogens is 4. The number of benzene rings is 5. The van der Waals surface area contributed by atoms with E-state index in [1.807, 2.05) is 66.9 Å². The smallest absolute Gasteiger partial charge is 0.156 e. The van der Waals surface area contributed by atoms with E-state index in [1.165, 1.54) is 20.2 Å². The van der Waals surface area contributed by atoms with E-state index in [2.05, 4.69) is 94.5 Å². The fraction of sp³-hybridized carbons (Fsp3) is 0. The summed E-state index contributed by atoms with van der Waals surface area (Å²) in [6, 6.07) is 51.7. The van der Waals surface area contributed by atoms with Crippen LogP contribution in [0.4, 0.5) is 0 Å². The molecule has 5 aromatic carbocycles. The minimum Gasteiger partial charge on any atom is -0.318 e. The third-order valence-electron chi connectivity index (χ3n) is 7.62. The number of hydrogen-bond acceptors (Lipinski definition) is 4. The topological polar surface area (TPSA) is 43.6 Å². The van der Waals surface area contributed by atoms with E-state index in [0.717, 1.165) is 50.3 Å². The van der Waals surface area contributed by atoms with Crippen molar-refractivity contribution in [3.63, 3.8) is 0 Å². The van der Waals surface area contributed by atoms with E-state index in [4.69, 9.17) is 9.97 Å². The van der Waals surface area contributed by atoms with Gasteiger partial charge in [-0.05, 0) is 40.0 Å². The van der Waals surface area contributed by atoms with Crippen LogP contribution < -0.4 is 0 Å². The van der Waals surface area contributed by atoms with Crippen molar-refractivity contribution in [2.24, 2.45) is 0 Å². The van der Waals surface area contributed by atoms with Gasteiger partial charge in [0.1, 0.15) is 5.52 Å². The molecule has 9 rings (SSSR count). The minimum atomic E-state index is 0. The third kappa shape index (κ3) is 5.34. The van der Waals surface area contributed by atoms with E-state index in [1.54, 1.807) is 17.5 Å². The molecule has 6 heteroatoms. The number of nitrogens with zero attached hydrogens (tertiary/aromatic N) is 4. The molecule has 0 saturated carbocycles. The first-order valence-corrected chi connectivity index (χ1v) is 15.2. The zero-order valence-electron chi connectivity index (χ0n) is 23.9. The van der Waals surface area contributed by atoms with Gasteiger partial charge in [-0.3, -0.25) is 4.98 Å². The van der Waals surface area contributed by atoms with Crippen LogP contribution in [-0.2, 0) is 20.1 Å². The van der Waals surface area contributed by atoms with Gasteiger partial charge in [0.05, 0.1) is 5.82 Å². The average molecular weight is 773 g/mol. The van der Waals surface area contributed by atoms with Crippen LogP contribution in [0.15, 0.2) is 146 Å². The standard InChI is InChI=1S/C28H16N3S.C11H8N.Ir/c1-2-10-19(11-3-1)31-27(30-25-20-12-5-4-9-18(20)17-29-28(25)31)23-15-8-14-22-21-13-6-7-16-24(21)32-26(22)23;1-2-6-10(7-3-1)11-8-4-5-9-12-11;/h1-14,16-17H;1-6,8-9H;/q2*-1;. The Morgan fingerprint density at radius 2 is 1.40 bits per heavy atom. The zero-order valence-corrected chi connectivity index (χ0v) is 27.1. The molecular formula is C39H24IrN4S-2. The first-order chi connectivity index (χ1) is 21.8. The first kappa shape index (κ1) is 28.8. The molecule has 45 heavy (non-hydrogen) atoms. The van der Waals surface area contributed by atoms with Crippen molar-refractivity contribution in [2.75, 3.05) is 0 Å². The minimum absolute atomic E-state index is 0. The van der Waals surface area contributed by atoms with E-state index in [9.17, 15) is 0 Å². The number of hydrogen-bond donors (Lipinski definition) is 0. The average Bonchev–Trinajstić information content (AvgIpc) is 3.69. The second-order valence-electron chi connectivity index (χ2n) is 10.3. The number of imidazole rings is 1. The predicted octanol–water partition coefficient (Wildman–Crippen LogP) is 9.96. The molecule has 4 aromatic heterocycles. The number of thiophene rings is 1. The van der Waals surface area contributed by atoms with Crippen molar-refractivity contribution in [1.82, 2.24) is 19.5 Å². The third-order valence-corrected chi connectivity index (χ3v) is 8.83. The van der Waals surface area contributed by atoms with Gasteiger partial charge in [-0.1, -0.05) is 83.7 Å². The van der Waals surface area contributed by atoms with Crippen LogP contribution in [0.2, 0.25) is 0 Å². The largest absolute Gasteiger partial charge is 0.318 e. The molecule has 0 bridgehead atoms. The maximum absolute atomic E-state index is 5.18. The van der Waals surface area contributed by atoms with Gasteiger partial charge in [-0.25, -0.2) is 4.98 Å². The Hall–Kier alpha value is -5.00. The van der Waals surface area contributed by atoms with Crippen LogP contribution in [0.1, 0.15) is 0 Å². The quantitative estimate of drug-likeness (QED) is 0.168. The van der Waals surface area contributed by atoms with Gasteiger partial charge in [0.25, 0.3) is 0 Å². The van der Waals surface area contributed by atoms with Crippen molar-refractivity contribution in [3.8, 4) is 28.3 Å². The summed E-state index contributed by atoms with van der Waals surface area (Å²) in [6.07, 6.45) is 3.72. The fourth-order valence-corrected chi connectivity index (χ4v) is 6.78. The van der Waals surface area contributed by atoms with Crippen molar-refractivity contribution in [1.29, 1.82) is 0 Å². The number of rotatable bonds is 3. The Morgan fingerprint density at radius 3 is 2.22 bits per heavy atom. The Morgan fingerprint density at radius 1 is 0.622 bits per heavy atom. The normalized spacial score (nSPS) is 10.9.